The molecule has 4 heteroatoms. The zero-order valence-electron chi connectivity index (χ0n) is 8.62. The molecule has 0 aromatic heterocycles. The number of carboxylic acid groups (broad SMARTS) is 1. The van der Waals surface area contributed by atoms with Gasteiger partial charge in [0.2, 0.25) is 0 Å². The minimum Gasteiger partial charge on any atom is -0.480 e. The van der Waals surface area contributed by atoms with Gasteiger partial charge >= 0.3 is 5.97 Å². The molecule has 14 heavy (non-hydrogen) atoms. The molecule has 0 heterocycles. The van der Waals surface area contributed by atoms with Crippen LogP contribution in [0.25, 0.3) is 0 Å². The lowest BCUT2D eigenvalue weighted by Gasteiger charge is -2.06. The Labute approximate surface area is 84.9 Å². The smallest absolute Gasteiger partial charge is 0.317 e. The maximum Gasteiger partial charge on any atom is 0.317 e. The van der Waals surface area contributed by atoms with Crippen molar-refractivity contribution in [3.8, 4) is 6.07 Å². The lowest BCUT2D eigenvalue weighted by Crippen LogP contribution is -2.23. The monoisotopic (exact) mass is 198 g/mol. The number of aliphatic carboxylic acids is 1. The van der Waals surface area contributed by atoms with E-state index >= 15 is 0 Å². The second-order valence-corrected chi connectivity index (χ2v) is 3.33. The first-order chi connectivity index (χ1) is 6.70. The van der Waals surface area contributed by atoms with Crippen LogP contribution in [0.1, 0.15) is 32.6 Å². The molecule has 4 nitrogen and oxygen atoms in total. The molecule has 1 unspecified atom stereocenters. The van der Waals surface area contributed by atoms with Gasteiger partial charge in [-0.2, -0.15) is 5.26 Å². The summed E-state index contributed by atoms with van der Waals surface area (Å²) < 4.78 is 0. The van der Waals surface area contributed by atoms with E-state index < -0.39 is 5.97 Å². The zero-order chi connectivity index (χ0) is 10.8. The van der Waals surface area contributed by atoms with E-state index in [1.54, 1.807) is 0 Å². The van der Waals surface area contributed by atoms with Crippen molar-refractivity contribution >= 4 is 5.97 Å². The van der Waals surface area contributed by atoms with Gasteiger partial charge in [0.1, 0.15) is 0 Å². The van der Waals surface area contributed by atoms with Gasteiger partial charge < -0.3 is 10.4 Å². The van der Waals surface area contributed by atoms with Gasteiger partial charge in [-0.1, -0.05) is 13.3 Å². The van der Waals surface area contributed by atoms with E-state index in [9.17, 15) is 4.79 Å². The highest BCUT2D eigenvalue weighted by atomic mass is 16.4. The molecule has 0 aliphatic rings. The maximum absolute atomic E-state index is 10.1. The third-order valence-corrected chi connectivity index (χ3v) is 2.00. The normalized spacial score (nSPS) is 12.0. The van der Waals surface area contributed by atoms with Crippen molar-refractivity contribution in [3.05, 3.63) is 0 Å². The average molecular weight is 198 g/mol. The first kappa shape index (κ1) is 12.9. The summed E-state index contributed by atoms with van der Waals surface area (Å²) in [6.45, 7) is 2.74. The van der Waals surface area contributed by atoms with Crippen LogP contribution in [0.3, 0.4) is 0 Å². The SMILES string of the molecule is CCCC(C#N)CCCNCC(=O)O. The van der Waals surface area contributed by atoms with E-state index in [-0.39, 0.29) is 12.5 Å². The number of carboxylic acids is 1. The van der Waals surface area contributed by atoms with Crippen LogP contribution < -0.4 is 5.32 Å². The average Bonchev–Trinajstić information content (AvgIpc) is 2.15. The van der Waals surface area contributed by atoms with Crippen LogP contribution in [-0.4, -0.2) is 24.2 Å². The Morgan fingerprint density at radius 1 is 1.57 bits per heavy atom. The highest BCUT2D eigenvalue weighted by molar-refractivity contribution is 5.68. The van der Waals surface area contributed by atoms with Crippen molar-refractivity contribution in [1.82, 2.24) is 5.32 Å². The number of carbonyl (C=O) groups is 1. The zero-order valence-corrected chi connectivity index (χ0v) is 8.62. The summed E-state index contributed by atoms with van der Waals surface area (Å²) in [4.78, 5) is 10.1. The van der Waals surface area contributed by atoms with Crippen LogP contribution in [0, 0.1) is 17.2 Å². The molecule has 0 bridgehead atoms. The molecule has 1 atom stereocenters. The fraction of sp³-hybridized carbons (Fsp3) is 0.800. The molecular weight excluding hydrogens is 180 g/mol. The summed E-state index contributed by atoms with van der Waals surface area (Å²) in [7, 11) is 0. The molecule has 0 aromatic rings. The number of nitrogens with one attached hydrogen (secondary N) is 1. The quantitative estimate of drug-likeness (QED) is 0.578. The van der Waals surface area contributed by atoms with Crippen molar-refractivity contribution < 1.29 is 9.90 Å². The summed E-state index contributed by atoms with van der Waals surface area (Å²) in [6.07, 6.45) is 3.69. The van der Waals surface area contributed by atoms with Gasteiger partial charge in [-0.25, -0.2) is 0 Å². The van der Waals surface area contributed by atoms with E-state index in [1.165, 1.54) is 0 Å². The molecule has 2 N–H and O–H groups in total. The largest absolute Gasteiger partial charge is 0.480 e. The predicted octanol–water partition coefficient (Wildman–Crippen LogP) is 1.38. The summed E-state index contributed by atoms with van der Waals surface area (Å²) in [5, 5.41) is 19.9. The Kier molecular flexibility index (Phi) is 7.86. The van der Waals surface area contributed by atoms with Crippen LogP contribution in [0.5, 0.6) is 0 Å². The van der Waals surface area contributed by atoms with E-state index in [0.717, 1.165) is 25.7 Å². The summed E-state index contributed by atoms with van der Waals surface area (Å²) in [5.74, 6) is -0.706. The number of nitrogens with zero attached hydrogens (tertiary/aromatic N) is 1. The molecule has 0 aromatic carbocycles. The third-order valence-electron chi connectivity index (χ3n) is 2.00. The molecule has 0 radical (unpaired) electrons. The molecule has 0 spiro atoms. The van der Waals surface area contributed by atoms with Gasteiger partial charge in [0.05, 0.1) is 12.6 Å². The lowest BCUT2D eigenvalue weighted by molar-refractivity contribution is -0.135. The van der Waals surface area contributed by atoms with Crippen LogP contribution in [-0.2, 0) is 4.79 Å². The van der Waals surface area contributed by atoms with E-state index in [0.29, 0.717) is 6.54 Å². The van der Waals surface area contributed by atoms with Gasteiger partial charge in [-0.05, 0) is 25.8 Å². The predicted molar refractivity (Wildman–Crippen MR) is 53.8 cm³/mol. The highest BCUT2D eigenvalue weighted by Crippen LogP contribution is 2.11. The molecule has 0 saturated carbocycles. The minimum absolute atomic E-state index is 0.00496. The van der Waals surface area contributed by atoms with Crippen molar-refractivity contribution in [2.45, 2.75) is 32.6 Å². The second kappa shape index (κ2) is 8.52. The fourth-order valence-corrected chi connectivity index (χ4v) is 1.29. The Balaban J connectivity index is 3.34. The first-order valence-corrected chi connectivity index (χ1v) is 5.02. The molecule has 0 saturated heterocycles. The van der Waals surface area contributed by atoms with Crippen LogP contribution in [0.2, 0.25) is 0 Å². The number of hydrogen-bond donors (Lipinski definition) is 2. The summed E-state index contributed by atoms with van der Waals surface area (Å²) in [5.41, 5.74) is 0. The maximum atomic E-state index is 10.1. The molecule has 0 rings (SSSR count). The van der Waals surface area contributed by atoms with Crippen molar-refractivity contribution in [1.29, 1.82) is 5.26 Å². The molecule has 0 amide bonds. The second-order valence-electron chi connectivity index (χ2n) is 3.33. The Hall–Kier alpha value is -1.08. The topological polar surface area (TPSA) is 73.1 Å². The summed E-state index contributed by atoms with van der Waals surface area (Å²) in [6, 6.07) is 2.26. The summed E-state index contributed by atoms with van der Waals surface area (Å²) >= 11 is 0. The van der Waals surface area contributed by atoms with E-state index in [4.69, 9.17) is 10.4 Å². The Morgan fingerprint density at radius 3 is 2.79 bits per heavy atom. The molecule has 0 aliphatic heterocycles. The Bertz CT molecular complexity index is 199. The first-order valence-electron chi connectivity index (χ1n) is 5.02. The minimum atomic E-state index is -0.838. The van der Waals surface area contributed by atoms with Gasteiger partial charge in [0.25, 0.3) is 0 Å². The van der Waals surface area contributed by atoms with Gasteiger partial charge in [0.15, 0.2) is 0 Å². The van der Waals surface area contributed by atoms with Gasteiger partial charge in [-0.3, -0.25) is 4.79 Å². The number of hydrogen-bond acceptors (Lipinski definition) is 3. The highest BCUT2D eigenvalue weighted by Gasteiger charge is 2.05. The standard InChI is InChI=1S/C10H18N2O2/c1-2-4-9(7-11)5-3-6-12-8-10(13)14/h9,12H,2-6,8H2,1H3,(H,13,14). The van der Waals surface area contributed by atoms with Crippen molar-refractivity contribution in [2.75, 3.05) is 13.1 Å². The van der Waals surface area contributed by atoms with Gasteiger partial charge in [0, 0.05) is 5.92 Å². The van der Waals surface area contributed by atoms with Crippen LogP contribution in [0.4, 0.5) is 0 Å². The van der Waals surface area contributed by atoms with Crippen molar-refractivity contribution in [2.24, 2.45) is 5.92 Å². The number of rotatable bonds is 8. The van der Waals surface area contributed by atoms with Gasteiger partial charge in [-0.15, -0.1) is 0 Å². The Morgan fingerprint density at radius 2 is 2.29 bits per heavy atom. The van der Waals surface area contributed by atoms with E-state index in [2.05, 4.69) is 18.3 Å². The van der Waals surface area contributed by atoms with Crippen molar-refractivity contribution in [3.63, 3.8) is 0 Å². The molecule has 0 fully saturated rings. The molecular formula is C10H18N2O2. The molecule has 80 valence electrons. The fourth-order valence-electron chi connectivity index (χ4n) is 1.29. The third kappa shape index (κ3) is 7.56. The van der Waals surface area contributed by atoms with Crippen LogP contribution in [0.15, 0.2) is 0 Å². The molecule has 0 aliphatic carbocycles. The number of nitriles is 1. The lowest BCUT2D eigenvalue weighted by atomic mass is 10.00. The van der Waals surface area contributed by atoms with Crippen LogP contribution >= 0.6 is 0 Å². The van der Waals surface area contributed by atoms with E-state index in [1.807, 2.05) is 0 Å².